The largest absolute Gasteiger partial charge is 0.480 e. The highest BCUT2D eigenvalue weighted by atomic mass is 16.5. The summed E-state index contributed by atoms with van der Waals surface area (Å²) in [5.41, 5.74) is 0. The Bertz CT molecular complexity index is 411. The molecule has 0 saturated heterocycles. The van der Waals surface area contributed by atoms with Crippen molar-refractivity contribution in [3.05, 3.63) is 0 Å². The van der Waals surface area contributed by atoms with E-state index in [0.717, 1.165) is 0 Å². The summed E-state index contributed by atoms with van der Waals surface area (Å²) >= 11 is 0. The molecule has 140 valence electrons. The van der Waals surface area contributed by atoms with Crippen LogP contribution < -0.4 is 6.15 Å². The van der Waals surface area contributed by atoms with Crippen LogP contribution in [0.1, 0.15) is 0 Å². The van der Waals surface area contributed by atoms with Crippen LogP contribution in [0.25, 0.3) is 0 Å². The molecule has 0 aliphatic rings. The number of nitrogens with zero attached hydrogens (tertiary/aromatic N) is 2. The van der Waals surface area contributed by atoms with E-state index in [2.05, 4.69) is 14.2 Å². The van der Waals surface area contributed by atoms with Gasteiger partial charge in [-0.15, -0.1) is 0 Å². The Labute approximate surface area is 140 Å². The summed E-state index contributed by atoms with van der Waals surface area (Å²) < 4.78 is 13.6. The molecule has 0 aliphatic heterocycles. The van der Waals surface area contributed by atoms with Gasteiger partial charge in [0.05, 0.1) is 47.5 Å². The van der Waals surface area contributed by atoms with Crippen molar-refractivity contribution in [1.29, 1.82) is 0 Å². The first-order valence-electron chi connectivity index (χ1n) is 6.69. The van der Waals surface area contributed by atoms with Gasteiger partial charge in [0.1, 0.15) is 0 Å². The summed E-state index contributed by atoms with van der Waals surface area (Å²) in [6.45, 7) is -0.619. The van der Waals surface area contributed by atoms with E-state index in [-0.39, 0.29) is 45.4 Å². The van der Waals surface area contributed by atoms with Gasteiger partial charge in [-0.25, -0.2) is 0 Å². The van der Waals surface area contributed by atoms with Gasteiger partial charge in [-0.2, -0.15) is 0 Å². The van der Waals surface area contributed by atoms with Crippen molar-refractivity contribution in [2.24, 2.45) is 0 Å². The van der Waals surface area contributed by atoms with E-state index >= 15 is 0 Å². The van der Waals surface area contributed by atoms with Crippen LogP contribution in [0, 0.1) is 0 Å². The maximum Gasteiger partial charge on any atom is 0.319 e. The van der Waals surface area contributed by atoms with Crippen molar-refractivity contribution >= 4 is 23.9 Å². The second-order valence-corrected chi connectivity index (χ2v) is 4.54. The zero-order chi connectivity index (χ0) is 17.8. The molecule has 0 aromatic rings. The summed E-state index contributed by atoms with van der Waals surface area (Å²) in [5.74, 6) is -2.79. The van der Waals surface area contributed by atoms with E-state index in [1.807, 2.05) is 0 Å². The Kier molecular flexibility index (Phi) is 13.2. The van der Waals surface area contributed by atoms with Gasteiger partial charge in [-0.3, -0.25) is 29.0 Å². The van der Waals surface area contributed by atoms with Crippen LogP contribution in [-0.2, 0) is 33.4 Å². The maximum absolute atomic E-state index is 11.3. The van der Waals surface area contributed by atoms with E-state index in [0.29, 0.717) is 0 Å². The van der Waals surface area contributed by atoms with Crippen molar-refractivity contribution in [3.8, 4) is 0 Å². The third-order valence-electron chi connectivity index (χ3n) is 2.83. The minimum Gasteiger partial charge on any atom is -0.480 e. The predicted molar refractivity (Wildman–Crippen MR) is 81.6 cm³/mol. The first kappa shape index (κ1) is 24.0. The number of esters is 3. The van der Waals surface area contributed by atoms with Gasteiger partial charge in [0.25, 0.3) is 0 Å². The molecule has 0 heterocycles. The van der Waals surface area contributed by atoms with Crippen molar-refractivity contribution in [3.63, 3.8) is 0 Å². The summed E-state index contributed by atoms with van der Waals surface area (Å²) in [7, 11) is 3.63. The molecule has 0 radical (unpaired) electrons. The monoisotopic (exact) mass is 351 g/mol. The Morgan fingerprint density at radius 3 is 1.25 bits per heavy atom. The molecule has 24 heavy (non-hydrogen) atoms. The van der Waals surface area contributed by atoms with Crippen molar-refractivity contribution < 1.29 is 38.5 Å². The summed E-state index contributed by atoms with van der Waals surface area (Å²) in [6.07, 6.45) is 0. The molecule has 0 spiro atoms. The third kappa shape index (κ3) is 11.3. The number of rotatable bonds is 11. The molecule has 0 aromatic carbocycles. The van der Waals surface area contributed by atoms with Crippen LogP contribution in [0.15, 0.2) is 0 Å². The fourth-order valence-corrected chi connectivity index (χ4v) is 1.64. The zero-order valence-electron chi connectivity index (χ0n) is 14.1. The minimum absolute atomic E-state index is 0. The second-order valence-electron chi connectivity index (χ2n) is 4.54. The lowest BCUT2D eigenvalue weighted by Gasteiger charge is -2.24. The molecule has 4 N–H and O–H groups in total. The molecule has 0 saturated carbocycles. The van der Waals surface area contributed by atoms with E-state index in [9.17, 15) is 19.2 Å². The van der Waals surface area contributed by atoms with Crippen LogP contribution in [0.2, 0.25) is 0 Å². The lowest BCUT2D eigenvalue weighted by Crippen LogP contribution is -2.43. The van der Waals surface area contributed by atoms with Crippen LogP contribution >= 0.6 is 0 Å². The van der Waals surface area contributed by atoms with Crippen LogP contribution in [-0.4, -0.2) is 99.4 Å². The van der Waals surface area contributed by atoms with Crippen molar-refractivity contribution in [1.82, 2.24) is 16.0 Å². The lowest BCUT2D eigenvalue weighted by molar-refractivity contribution is -0.148. The number of aliphatic carboxylic acids is 1. The number of carboxylic acids is 1. The van der Waals surface area contributed by atoms with E-state index in [1.54, 1.807) is 0 Å². The molecule has 0 rings (SSSR count). The number of methoxy groups -OCH3 is 3. The standard InChI is InChI=1S/C13H22N2O8.H3N/c1-21-11(18)7-14(6-10(16)17)4-5-15(8-12(19)22-2)9-13(20)23-3;/h4-9H2,1-3H3,(H,16,17);1H3. The van der Waals surface area contributed by atoms with Gasteiger partial charge < -0.3 is 25.5 Å². The molecular weight excluding hydrogens is 326 g/mol. The molecule has 0 aliphatic carbocycles. The van der Waals surface area contributed by atoms with Crippen LogP contribution in [0.3, 0.4) is 0 Å². The number of carboxylic acid groups (broad SMARTS) is 1. The quantitative estimate of drug-likeness (QED) is 0.324. The highest BCUT2D eigenvalue weighted by Crippen LogP contribution is 1.96. The number of ether oxygens (including phenoxy) is 3. The zero-order valence-corrected chi connectivity index (χ0v) is 14.1. The smallest absolute Gasteiger partial charge is 0.319 e. The summed E-state index contributed by atoms with van der Waals surface area (Å²) in [4.78, 5) is 47.5. The average molecular weight is 351 g/mol. The van der Waals surface area contributed by atoms with Gasteiger partial charge in [0.15, 0.2) is 0 Å². The fourth-order valence-electron chi connectivity index (χ4n) is 1.64. The van der Waals surface area contributed by atoms with E-state index in [1.165, 1.54) is 31.1 Å². The van der Waals surface area contributed by atoms with E-state index in [4.69, 9.17) is 5.11 Å². The summed E-state index contributed by atoms with van der Waals surface area (Å²) in [6, 6.07) is 0. The second kappa shape index (κ2) is 13.2. The van der Waals surface area contributed by atoms with Gasteiger partial charge in [-0.05, 0) is 0 Å². The Balaban J connectivity index is 0. The molecule has 0 bridgehead atoms. The maximum atomic E-state index is 11.3. The molecule has 0 aromatic heterocycles. The topological polar surface area (TPSA) is 158 Å². The summed E-state index contributed by atoms with van der Waals surface area (Å²) in [5, 5.41) is 8.85. The van der Waals surface area contributed by atoms with E-state index < -0.39 is 23.9 Å². The molecule has 11 heteroatoms. The van der Waals surface area contributed by atoms with Crippen LogP contribution in [0.4, 0.5) is 0 Å². The Hall–Kier alpha value is -2.24. The Morgan fingerprint density at radius 2 is 1.00 bits per heavy atom. The van der Waals surface area contributed by atoms with Gasteiger partial charge in [0, 0.05) is 13.1 Å². The molecule has 0 unspecified atom stereocenters. The van der Waals surface area contributed by atoms with Gasteiger partial charge in [0.2, 0.25) is 0 Å². The number of carbonyl (C=O) groups is 4. The molecular formula is C13H25N3O8. The molecule has 0 amide bonds. The number of hydrogen-bond donors (Lipinski definition) is 2. The highest BCUT2D eigenvalue weighted by Gasteiger charge is 2.19. The average Bonchev–Trinajstić information content (AvgIpc) is 2.51. The lowest BCUT2D eigenvalue weighted by atomic mass is 10.4. The SMILES string of the molecule is COC(=O)CN(CCN(CC(=O)OC)CC(=O)OC)CC(=O)O.N. The highest BCUT2D eigenvalue weighted by molar-refractivity contribution is 5.75. The molecule has 0 atom stereocenters. The number of hydrogen-bond acceptors (Lipinski definition) is 10. The van der Waals surface area contributed by atoms with Crippen molar-refractivity contribution in [2.45, 2.75) is 0 Å². The normalized spacial score (nSPS) is 10.0. The fraction of sp³-hybridized carbons (Fsp3) is 0.692. The first-order valence-corrected chi connectivity index (χ1v) is 6.69. The van der Waals surface area contributed by atoms with Crippen LogP contribution in [0.5, 0.6) is 0 Å². The van der Waals surface area contributed by atoms with Gasteiger partial charge in [-0.1, -0.05) is 0 Å². The van der Waals surface area contributed by atoms with Gasteiger partial charge >= 0.3 is 23.9 Å². The number of carbonyl (C=O) groups excluding carboxylic acids is 3. The molecule has 0 fully saturated rings. The Morgan fingerprint density at radius 1 is 0.708 bits per heavy atom. The van der Waals surface area contributed by atoms with Crippen molar-refractivity contribution in [2.75, 3.05) is 60.6 Å². The third-order valence-corrected chi connectivity index (χ3v) is 2.83. The predicted octanol–water partition coefficient (Wildman–Crippen LogP) is -1.64. The molecule has 11 nitrogen and oxygen atoms in total. The first-order chi connectivity index (χ1) is 10.8. The minimum atomic E-state index is -1.11.